The van der Waals surface area contributed by atoms with Crippen LogP contribution in [0.1, 0.15) is 5.56 Å². The van der Waals surface area contributed by atoms with Crippen molar-refractivity contribution < 1.29 is 19.0 Å². The molecule has 0 radical (unpaired) electrons. The summed E-state index contributed by atoms with van der Waals surface area (Å²) in [6, 6.07) is 9.81. The highest BCUT2D eigenvalue weighted by Crippen LogP contribution is 2.23. The van der Waals surface area contributed by atoms with Crippen LogP contribution in [0.15, 0.2) is 47.4 Å². The van der Waals surface area contributed by atoms with Crippen molar-refractivity contribution >= 4 is 17.2 Å². The summed E-state index contributed by atoms with van der Waals surface area (Å²) < 4.78 is 23.5. The number of nitrogens with one attached hydrogen (secondary N) is 1. The van der Waals surface area contributed by atoms with Crippen LogP contribution < -0.4 is 20.3 Å². The number of anilines is 2. The molecular formula is C17H16FN3O4. The Morgan fingerprint density at radius 3 is 2.68 bits per heavy atom. The molecule has 7 nitrogen and oxygen atoms in total. The minimum absolute atomic E-state index is 0.120. The summed E-state index contributed by atoms with van der Waals surface area (Å²) in [4.78, 5) is 17.0. The Kier molecular flexibility index (Phi) is 4.80. The molecule has 2 heterocycles. The van der Waals surface area contributed by atoms with Gasteiger partial charge in [-0.2, -0.15) is 0 Å². The van der Waals surface area contributed by atoms with Crippen molar-refractivity contribution in [3.63, 3.8) is 0 Å². The largest absolute Gasteiger partial charge is 0.493 e. The molecule has 0 aliphatic rings. The highest BCUT2D eigenvalue weighted by molar-refractivity contribution is 5.65. The number of aliphatic hydroxyl groups is 1. The van der Waals surface area contributed by atoms with Crippen LogP contribution >= 0.6 is 0 Å². The maximum atomic E-state index is 12.6. The van der Waals surface area contributed by atoms with E-state index in [2.05, 4.69) is 10.3 Å². The first-order chi connectivity index (χ1) is 12.2. The number of pyridine rings is 1. The van der Waals surface area contributed by atoms with Gasteiger partial charge in [-0.05, 0) is 36.4 Å². The number of rotatable bonds is 6. The molecule has 0 amide bonds. The first-order valence-corrected chi connectivity index (χ1v) is 7.43. The SMILES string of the molecule is COc1cccn2c(=O)c(CO)c(Nc3ccc(OCF)cc3)nc12. The number of nitrogens with zero attached hydrogens (tertiary/aromatic N) is 2. The summed E-state index contributed by atoms with van der Waals surface area (Å²) in [5.74, 6) is 1.03. The Balaban J connectivity index is 2.06. The summed E-state index contributed by atoms with van der Waals surface area (Å²) in [6.07, 6.45) is 1.55. The number of hydrogen-bond donors (Lipinski definition) is 2. The molecule has 0 spiro atoms. The fraction of sp³-hybridized carbons (Fsp3) is 0.176. The molecule has 3 aromatic rings. The van der Waals surface area contributed by atoms with Gasteiger partial charge in [0.25, 0.3) is 5.56 Å². The number of ether oxygens (including phenoxy) is 2. The molecule has 0 atom stereocenters. The number of halogens is 1. The molecule has 0 saturated heterocycles. The van der Waals surface area contributed by atoms with Gasteiger partial charge in [-0.1, -0.05) is 0 Å². The first kappa shape index (κ1) is 16.7. The zero-order chi connectivity index (χ0) is 17.8. The Labute approximate surface area is 142 Å². The topological polar surface area (TPSA) is 85.1 Å². The number of aliphatic hydroxyl groups excluding tert-OH is 1. The smallest absolute Gasteiger partial charge is 0.265 e. The Morgan fingerprint density at radius 1 is 1.28 bits per heavy atom. The van der Waals surface area contributed by atoms with Crippen molar-refractivity contribution in [2.75, 3.05) is 19.3 Å². The van der Waals surface area contributed by atoms with Crippen LogP contribution in [-0.4, -0.2) is 28.5 Å². The second-order valence-electron chi connectivity index (χ2n) is 5.08. The number of benzene rings is 1. The van der Waals surface area contributed by atoms with Crippen molar-refractivity contribution in [2.45, 2.75) is 6.61 Å². The zero-order valence-corrected chi connectivity index (χ0v) is 13.4. The molecule has 0 saturated carbocycles. The predicted octanol–water partition coefficient (Wildman–Crippen LogP) is 2.24. The zero-order valence-electron chi connectivity index (χ0n) is 13.4. The maximum absolute atomic E-state index is 12.6. The minimum Gasteiger partial charge on any atom is -0.493 e. The van der Waals surface area contributed by atoms with Gasteiger partial charge in [0, 0.05) is 11.9 Å². The van der Waals surface area contributed by atoms with Gasteiger partial charge in [0.2, 0.25) is 6.86 Å². The third kappa shape index (κ3) is 3.24. The predicted molar refractivity (Wildman–Crippen MR) is 90.3 cm³/mol. The monoisotopic (exact) mass is 345 g/mol. The quantitative estimate of drug-likeness (QED) is 0.713. The Hall–Kier alpha value is -3.13. The van der Waals surface area contributed by atoms with Crippen LogP contribution in [-0.2, 0) is 6.61 Å². The van der Waals surface area contributed by atoms with Crippen molar-refractivity contribution in [1.29, 1.82) is 0 Å². The van der Waals surface area contributed by atoms with E-state index in [4.69, 9.17) is 9.47 Å². The maximum Gasteiger partial charge on any atom is 0.265 e. The van der Waals surface area contributed by atoms with Gasteiger partial charge in [-0.3, -0.25) is 9.20 Å². The van der Waals surface area contributed by atoms with Crippen LogP contribution in [0.5, 0.6) is 11.5 Å². The Morgan fingerprint density at radius 2 is 2.04 bits per heavy atom. The molecule has 2 aromatic heterocycles. The third-order valence-electron chi connectivity index (χ3n) is 3.63. The van der Waals surface area contributed by atoms with Gasteiger partial charge in [0.05, 0.1) is 19.3 Å². The van der Waals surface area contributed by atoms with Crippen molar-refractivity contribution in [2.24, 2.45) is 0 Å². The van der Waals surface area contributed by atoms with Crippen LogP contribution in [0.4, 0.5) is 15.9 Å². The normalized spacial score (nSPS) is 10.7. The molecule has 2 N–H and O–H groups in total. The van der Waals surface area contributed by atoms with E-state index in [0.717, 1.165) is 0 Å². The van der Waals surface area contributed by atoms with Crippen molar-refractivity contribution in [3.05, 3.63) is 58.5 Å². The number of methoxy groups -OCH3 is 1. The standard InChI is InChI=1S/C17H16FN3O4/c1-24-14-3-2-8-21-16(14)20-15(13(9-22)17(21)23)19-11-4-6-12(7-5-11)25-10-18/h2-8,19,22H,9-10H2,1H3. The molecule has 0 unspecified atom stereocenters. The molecule has 3 rings (SSSR count). The molecule has 0 fully saturated rings. The molecule has 0 aliphatic carbocycles. The molecule has 0 bridgehead atoms. The number of hydrogen-bond acceptors (Lipinski definition) is 6. The summed E-state index contributed by atoms with van der Waals surface area (Å²) >= 11 is 0. The lowest BCUT2D eigenvalue weighted by molar-refractivity contribution is 0.192. The molecular weight excluding hydrogens is 329 g/mol. The van der Waals surface area contributed by atoms with Gasteiger partial charge in [-0.15, -0.1) is 0 Å². The van der Waals surface area contributed by atoms with Gasteiger partial charge >= 0.3 is 0 Å². The second kappa shape index (κ2) is 7.18. The highest BCUT2D eigenvalue weighted by atomic mass is 19.1. The van der Waals surface area contributed by atoms with E-state index in [1.54, 1.807) is 42.6 Å². The summed E-state index contributed by atoms with van der Waals surface area (Å²) in [5.41, 5.74) is 0.653. The summed E-state index contributed by atoms with van der Waals surface area (Å²) in [6.45, 7) is -1.39. The van der Waals surface area contributed by atoms with Crippen LogP contribution in [0.25, 0.3) is 5.65 Å². The fourth-order valence-electron chi connectivity index (χ4n) is 2.41. The van der Waals surface area contributed by atoms with Gasteiger partial charge in [0.15, 0.2) is 11.4 Å². The highest BCUT2D eigenvalue weighted by Gasteiger charge is 2.14. The molecule has 25 heavy (non-hydrogen) atoms. The average Bonchev–Trinajstić information content (AvgIpc) is 2.63. The number of aromatic nitrogens is 2. The van der Waals surface area contributed by atoms with E-state index in [9.17, 15) is 14.3 Å². The lowest BCUT2D eigenvalue weighted by Gasteiger charge is -2.13. The van der Waals surface area contributed by atoms with E-state index in [1.807, 2.05) is 0 Å². The fourth-order valence-corrected chi connectivity index (χ4v) is 2.41. The van der Waals surface area contributed by atoms with E-state index >= 15 is 0 Å². The average molecular weight is 345 g/mol. The van der Waals surface area contributed by atoms with Gasteiger partial charge in [0.1, 0.15) is 11.6 Å². The Bertz CT molecular complexity index is 941. The van der Waals surface area contributed by atoms with Crippen LogP contribution in [0.2, 0.25) is 0 Å². The van der Waals surface area contributed by atoms with Crippen molar-refractivity contribution in [1.82, 2.24) is 9.38 Å². The molecule has 130 valence electrons. The molecule has 0 aliphatic heterocycles. The van der Waals surface area contributed by atoms with Crippen molar-refractivity contribution in [3.8, 4) is 11.5 Å². The summed E-state index contributed by atoms with van der Waals surface area (Å²) in [5, 5.41) is 12.6. The lowest BCUT2D eigenvalue weighted by atomic mass is 10.2. The summed E-state index contributed by atoms with van der Waals surface area (Å²) in [7, 11) is 1.48. The molecule has 8 heteroatoms. The van der Waals surface area contributed by atoms with E-state index in [1.165, 1.54) is 11.5 Å². The molecule has 1 aromatic carbocycles. The van der Waals surface area contributed by atoms with E-state index < -0.39 is 19.0 Å². The third-order valence-corrected chi connectivity index (χ3v) is 3.63. The van der Waals surface area contributed by atoms with E-state index in [0.29, 0.717) is 22.8 Å². The minimum atomic E-state index is -0.912. The second-order valence-corrected chi connectivity index (χ2v) is 5.08. The van der Waals surface area contributed by atoms with Gasteiger partial charge in [-0.25, -0.2) is 9.37 Å². The van der Waals surface area contributed by atoms with E-state index in [-0.39, 0.29) is 11.4 Å². The van der Waals surface area contributed by atoms with Gasteiger partial charge < -0.3 is 19.9 Å². The van der Waals surface area contributed by atoms with Crippen LogP contribution in [0.3, 0.4) is 0 Å². The lowest BCUT2D eigenvalue weighted by Crippen LogP contribution is -2.22. The number of alkyl halides is 1. The van der Waals surface area contributed by atoms with Crippen LogP contribution in [0, 0.1) is 0 Å². The number of fused-ring (bicyclic) bond motifs is 1. The first-order valence-electron chi connectivity index (χ1n) is 7.43.